The fourth-order valence-corrected chi connectivity index (χ4v) is 4.07. The van der Waals surface area contributed by atoms with E-state index in [4.69, 9.17) is 21.5 Å². The van der Waals surface area contributed by atoms with Gasteiger partial charge in [0, 0.05) is 16.3 Å². The Morgan fingerprint density at radius 2 is 1.76 bits per heavy atom. The largest absolute Gasteiger partial charge is 0.483 e. The summed E-state index contributed by atoms with van der Waals surface area (Å²) in [5.41, 5.74) is 0.899. The number of esters is 1. The summed E-state index contributed by atoms with van der Waals surface area (Å²) in [6.45, 7) is 1.10. The molecule has 0 aliphatic heterocycles. The summed E-state index contributed by atoms with van der Waals surface area (Å²) in [7, 11) is -2.72. The van der Waals surface area contributed by atoms with E-state index in [1.54, 1.807) is 6.92 Å². The number of aryl methyl sites for hydroxylation is 1. The highest BCUT2D eigenvalue weighted by Crippen LogP contribution is 2.27. The van der Waals surface area contributed by atoms with Crippen molar-refractivity contribution in [2.75, 3.05) is 19.0 Å². The van der Waals surface area contributed by atoms with Gasteiger partial charge in [-0.05, 0) is 67.1 Å². The van der Waals surface area contributed by atoms with E-state index >= 15 is 0 Å². The summed E-state index contributed by atoms with van der Waals surface area (Å²) in [4.78, 5) is 37.6. The molecule has 0 bridgehead atoms. The van der Waals surface area contributed by atoms with Crippen LogP contribution in [0, 0.1) is 18.3 Å². The van der Waals surface area contributed by atoms with Crippen molar-refractivity contribution < 1.29 is 32.3 Å². The molecule has 0 heterocycles. The first-order valence-corrected chi connectivity index (χ1v) is 12.4. The summed E-state index contributed by atoms with van der Waals surface area (Å²) in [5, 5.41) is 17.2. The van der Waals surface area contributed by atoms with Crippen LogP contribution in [0.2, 0.25) is 5.02 Å². The fourth-order valence-electron chi connectivity index (χ4n) is 3.30. The maximum atomic E-state index is 13.3. The van der Waals surface area contributed by atoms with Crippen molar-refractivity contribution in [3.63, 3.8) is 0 Å². The summed E-state index contributed by atoms with van der Waals surface area (Å²) in [6.07, 6.45) is 0. The molecule has 1 amide bonds. The van der Waals surface area contributed by atoms with Crippen LogP contribution in [0.3, 0.4) is 0 Å². The van der Waals surface area contributed by atoms with Gasteiger partial charge in [0.05, 0.1) is 34.8 Å². The topological polar surface area (TPSA) is 166 Å². The summed E-state index contributed by atoms with van der Waals surface area (Å²) in [6, 6.07) is 13.9. The smallest absolute Gasteiger partial charge is 0.337 e. The van der Waals surface area contributed by atoms with Gasteiger partial charge in [-0.15, -0.1) is 0 Å². The first-order chi connectivity index (χ1) is 17.4. The van der Waals surface area contributed by atoms with Crippen molar-refractivity contribution in [3.8, 4) is 11.8 Å². The van der Waals surface area contributed by atoms with Gasteiger partial charge in [0.2, 0.25) is 10.0 Å². The number of carbonyl (C=O) groups excluding carboxylic acids is 3. The Morgan fingerprint density at radius 3 is 2.38 bits per heavy atom. The van der Waals surface area contributed by atoms with Gasteiger partial charge in [-0.1, -0.05) is 11.6 Å². The highest BCUT2D eigenvalue weighted by atomic mass is 35.5. The molecule has 0 radical (unpaired) electrons. The van der Waals surface area contributed by atoms with Crippen molar-refractivity contribution >= 4 is 45.0 Å². The Balaban J connectivity index is 1.83. The third-order valence-electron chi connectivity index (χ3n) is 5.09. The molecule has 3 aromatic rings. The second-order valence-electron chi connectivity index (χ2n) is 7.73. The first-order valence-electron chi connectivity index (χ1n) is 10.5. The third kappa shape index (κ3) is 6.71. The van der Waals surface area contributed by atoms with Gasteiger partial charge in [0.25, 0.3) is 5.91 Å². The van der Waals surface area contributed by atoms with E-state index in [2.05, 4.69) is 10.1 Å². The Labute approximate surface area is 217 Å². The quantitative estimate of drug-likeness (QED) is 0.324. The average Bonchev–Trinajstić information content (AvgIpc) is 2.87. The molecule has 3 N–H and O–H groups in total. The van der Waals surface area contributed by atoms with Gasteiger partial charge >= 0.3 is 5.97 Å². The molecule has 0 aliphatic rings. The predicted octanol–water partition coefficient (Wildman–Crippen LogP) is 3.20. The molecule has 0 unspecified atom stereocenters. The molecular weight excluding hydrogens is 522 g/mol. The second-order valence-corrected chi connectivity index (χ2v) is 9.73. The second kappa shape index (κ2) is 11.2. The van der Waals surface area contributed by atoms with Gasteiger partial charge in [0.15, 0.2) is 12.4 Å². The minimum absolute atomic E-state index is 0.000100. The van der Waals surface area contributed by atoms with Crippen LogP contribution in [0.15, 0.2) is 59.5 Å². The molecule has 190 valence electrons. The van der Waals surface area contributed by atoms with Crippen LogP contribution >= 0.6 is 11.6 Å². The van der Waals surface area contributed by atoms with E-state index in [0.29, 0.717) is 11.3 Å². The zero-order chi connectivity index (χ0) is 27.3. The number of halogens is 1. The molecule has 0 atom stereocenters. The number of nitrogens with zero attached hydrogens (tertiary/aromatic N) is 1. The first kappa shape index (κ1) is 27.3. The number of benzene rings is 3. The van der Waals surface area contributed by atoms with E-state index in [0.717, 1.165) is 0 Å². The van der Waals surface area contributed by atoms with Crippen LogP contribution in [0.5, 0.6) is 5.75 Å². The monoisotopic (exact) mass is 541 g/mol. The van der Waals surface area contributed by atoms with E-state index in [1.807, 2.05) is 6.07 Å². The van der Waals surface area contributed by atoms with E-state index in [9.17, 15) is 28.1 Å². The van der Waals surface area contributed by atoms with Gasteiger partial charge in [-0.3, -0.25) is 9.59 Å². The number of sulfonamides is 1. The lowest BCUT2D eigenvalue weighted by Gasteiger charge is -2.13. The summed E-state index contributed by atoms with van der Waals surface area (Å²) < 4.78 is 33.2. The highest BCUT2D eigenvalue weighted by Gasteiger charge is 2.20. The molecule has 37 heavy (non-hydrogen) atoms. The lowest BCUT2D eigenvalue weighted by Crippen LogP contribution is -2.21. The maximum absolute atomic E-state index is 13.3. The number of amides is 1. The number of nitrogens with two attached hydrogens (primary N) is 1. The molecule has 0 aliphatic carbocycles. The lowest BCUT2D eigenvalue weighted by molar-refractivity contribution is -0.118. The molecule has 12 heteroatoms. The van der Waals surface area contributed by atoms with Crippen LogP contribution in [0.1, 0.15) is 37.4 Å². The third-order valence-corrected chi connectivity index (χ3v) is 6.24. The normalized spacial score (nSPS) is 10.8. The Bertz CT molecular complexity index is 1560. The number of nitriles is 1. The number of carbonyl (C=O) groups is 3. The number of anilines is 1. The van der Waals surface area contributed by atoms with Crippen molar-refractivity contribution in [1.29, 1.82) is 5.26 Å². The number of hydrogen-bond acceptors (Lipinski definition) is 8. The molecule has 0 saturated heterocycles. The van der Waals surface area contributed by atoms with Gasteiger partial charge in [-0.25, -0.2) is 18.4 Å². The van der Waals surface area contributed by atoms with Crippen molar-refractivity contribution in [2.24, 2.45) is 5.14 Å². The zero-order valence-electron chi connectivity index (χ0n) is 19.6. The Hall–Kier alpha value is -4.24. The molecule has 0 spiro atoms. The van der Waals surface area contributed by atoms with Crippen LogP contribution < -0.4 is 15.2 Å². The predicted molar refractivity (Wildman–Crippen MR) is 134 cm³/mol. The molecule has 3 rings (SSSR count). The van der Waals surface area contributed by atoms with Crippen LogP contribution in [-0.4, -0.2) is 39.8 Å². The van der Waals surface area contributed by atoms with E-state index < -0.39 is 34.3 Å². The van der Waals surface area contributed by atoms with Crippen molar-refractivity contribution in [2.45, 2.75) is 11.8 Å². The van der Waals surface area contributed by atoms with Crippen LogP contribution in [-0.2, 0) is 19.6 Å². The Kier molecular flexibility index (Phi) is 8.29. The summed E-state index contributed by atoms with van der Waals surface area (Å²) in [5.74, 6) is -1.88. The number of nitrogens with one attached hydrogen (secondary N) is 1. The number of primary sulfonamides is 1. The Morgan fingerprint density at radius 1 is 1.05 bits per heavy atom. The average molecular weight is 542 g/mol. The SMILES string of the molecule is COC(=O)c1cc(C#N)cc(C(=O)c2cc(Cl)ccc2OCC(=O)Nc2ccc(S(N)(=O)=O)cc2C)c1. The summed E-state index contributed by atoms with van der Waals surface area (Å²) >= 11 is 6.08. The number of hydrogen-bond donors (Lipinski definition) is 2. The van der Waals surface area contributed by atoms with Crippen LogP contribution in [0.4, 0.5) is 5.69 Å². The lowest BCUT2D eigenvalue weighted by atomic mass is 9.98. The minimum atomic E-state index is -3.89. The highest BCUT2D eigenvalue weighted by molar-refractivity contribution is 7.89. The molecule has 0 saturated carbocycles. The van der Waals surface area contributed by atoms with E-state index in [1.165, 1.54) is 61.7 Å². The zero-order valence-corrected chi connectivity index (χ0v) is 21.1. The number of ether oxygens (including phenoxy) is 2. The molecule has 0 aromatic heterocycles. The van der Waals surface area contributed by atoms with Gasteiger partial charge < -0.3 is 14.8 Å². The standard InChI is InChI=1S/C25H20ClN3O7S/c1-14-7-19(37(28,33)34)4-5-21(14)29-23(30)13-36-22-6-3-18(26)11-20(22)24(31)16-8-15(12-27)9-17(10-16)25(32)35-2/h3-11H,13H2,1-2H3,(H,29,30)(H2,28,33,34). The fraction of sp³-hybridized carbons (Fsp3) is 0.120. The number of methoxy groups -OCH3 is 1. The van der Waals surface area contributed by atoms with Crippen molar-refractivity contribution in [1.82, 2.24) is 0 Å². The van der Waals surface area contributed by atoms with Gasteiger partial charge in [-0.2, -0.15) is 5.26 Å². The molecular formula is C25H20ClN3O7S. The number of ketones is 1. The molecule has 0 fully saturated rings. The van der Waals surface area contributed by atoms with E-state index in [-0.39, 0.29) is 37.9 Å². The molecule has 3 aromatic carbocycles. The minimum Gasteiger partial charge on any atom is -0.483 e. The van der Waals surface area contributed by atoms with Crippen molar-refractivity contribution in [3.05, 3.63) is 87.4 Å². The molecule has 10 nitrogen and oxygen atoms in total. The maximum Gasteiger partial charge on any atom is 0.337 e. The number of rotatable bonds is 8. The van der Waals surface area contributed by atoms with Gasteiger partial charge in [0.1, 0.15) is 5.75 Å². The van der Waals surface area contributed by atoms with Crippen LogP contribution in [0.25, 0.3) is 0 Å².